The number of halogens is 2. The van der Waals surface area contributed by atoms with Gasteiger partial charge in [-0.15, -0.1) is 11.3 Å². The summed E-state index contributed by atoms with van der Waals surface area (Å²) in [7, 11) is 0. The molecule has 4 heterocycles. The van der Waals surface area contributed by atoms with Gasteiger partial charge in [-0.25, -0.2) is 23.5 Å². The molecule has 3 aromatic heterocycles. The van der Waals surface area contributed by atoms with Crippen LogP contribution >= 0.6 is 11.3 Å². The number of ether oxygens (including phenoxy) is 2. The first kappa shape index (κ1) is 28.5. The molecule has 5 aromatic rings. The first-order valence-corrected chi connectivity index (χ1v) is 14.4. The lowest BCUT2D eigenvalue weighted by atomic mass is 9.99. The zero-order chi connectivity index (χ0) is 30.2. The largest absolute Gasteiger partial charge is 0.477 e. The van der Waals surface area contributed by atoms with Gasteiger partial charge < -0.3 is 19.1 Å². The fourth-order valence-corrected chi connectivity index (χ4v) is 6.25. The maximum Gasteiger partial charge on any atom is 0.346 e. The molecule has 0 amide bonds. The molecule has 0 radical (unpaired) electrons. The lowest BCUT2D eigenvalue weighted by Gasteiger charge is -2.27. The number of rotatable bonds is 9. The third-order valence-electron chi connectivity index (χ3n) is 7.58. The topological polar surface area (TPSA) is 110 Å². The minimum Gasteiger partial charge on any atom is -0.477 e. The maximum atomic E-state index is 15.6. The van der Waals surface area contributed by atoms with Crippen LogP contribution < -0.4 is 4.74 Å². The van der Waals surface area contributed by atoms with Gasteiger partial charge in [0.25, 0.3) is 0 Å². The monoisotopic (exact) mass is 600 g/mol. The molecule has 1 aliphatic rings. The Morgan fingerprint density at radius 3 is 2.65 bits per heavy atom. The molecule has 1 fully saturated rings. The molecule has 11 heteroatoms. The number of thiophene rings is 1. The smallest absolute Gasteiger partial charge is 0.346 e. The molecular formula is C32H26F2N4O4S. The molecular weight excluding hydrogens is 574 g/mol. The van der Waals surface area contributed by atoms with Crippen molar-refractivity contribution in [1.29, 1.82) is 5.26 Å². The van der Waals surface area contributed by atoms with Gasteiger partial charge in [-0.1, -0.05) is 18.2 Å². The van der Waals surface area contributed by atoms with Gasteiger partial charge in [-0.3, -0.25) is 0 Å². The summed E-state index contributed by atoms with van der Waals surface area (Å²) in [6, 6.07) is 14.4. The Bertz CT molecular complexity index is 1920. The van der Waals surface area contributed by atoms with E-state index in [1.165, 1.54) is 18.2 Å². The summed E-state index contributed by atoms with van der Waals surface area (Å²) in [6.45, 7) is 4.77. The molecule has 1 N–H and O–H groups in total. The predicted molar refractivity (Wildman–Crippen MR) is 156 cm³/mol. The number of aryl methyl sites for hydroxylation is 2. The SMILES string of the molecule is Cc1cc(Cc2nc3sc(C(=O)O)c(C)c3n2CC2CCO2)c(F)cc1-c1cccc(OCc2ccc(C#N)cc2F)n1. The van der Waals surface area contributed by atoms with Gasteiger partial charge >= 0.3 is 5.97 Å². The van der Waals surface area contributed by atoms with Crippen molar-refractivity contribution in [1.82, 2.24) is 14.5 Å². The van der Waals surface area contributed by atoms with Gasteiger partial charge in [0.05, 0.1) is 35.5 Å². The summed E-state index contributed by atoms with van der Waals surface area (Å²) in [5.74, 6) is -1.06. The summed E-state index contributed by atoms with van der Waals surface area (Å²) in [5.41, 5.74) is 4.25. The van der Waals surface area contributed by atoms with E-state index in [2.05, 4.69) is 4.98 Å². The molecule has 0 bridgehead atoms. The van der Waals surface area contributed by atoms with Crippen molar-refractivity contribution in [3.8, 4) is 23.2 Å². The van der Waals surface area contributed by atoms with Crippen LogP contribution in [0.4, 0.5) is 8.78 Å². The van der Waals surface area contributed by atoms with Gasteiger partial charge in [-0.2, -0.15) is 5.26 Å². The highest BCUT2D eigenvalue weighted by Gasteiger charge is 2.26. The third kappa shape index (κ3) is 5.59. The molecule has 1 saturated heterocycles. The van der Waals surface area contributed by atoms with Crippen LogP contribution in [0.2, 0.25) is 0 Å². The van der Waals surface area contributed by atoms with E-state index in [1.807, 2.05) is 17.6 Å². The van der Waals surface area contributed by atoms with Crippen molar-refractivity contribution >= 4 is 27.7 Å². The average Bonchev–Trinajstić information content (AvgIpc) is 3.47. The van der Waals surface area contributed by atoms with Gasteiger partial charge in [-0.05, 0) is 55.7 Å². The molecule has 43 heavy (non-hydrogen) atoms. The Morgan fingerprint density at radius 1 is 1.16 bits per heavy atom. The summed E-state index contributed by atoms with van der Waals surface area (Å²) in [6.07, 6.45) is 1.12. The first-order chi connectivity index (χ1) is 20.7. The number of aromatic carboxylic acids is 1. The Hall–Kier alpha value is -4.66. The zero-order valence-electron chi connectivity index (χ0n) is 23.4. The van der Waals surface area contributed by atoms with Crippen LogP contribution in [0.15, 0.2) is 48.5 Å². The van der Waals surface area contributed by atoms with Crippen molar-refractivity contribution in [2.75, 3.05) is 6.61 Å². The van der Waals surface area contributed by atoms with Crippen LogP contribution in [-0.4, -0.2) is 38.3 Å². The molecule has 8 nitrogen and oxygen atoms in total. The van der Waals surface area contributed by atoms with Crippen molar-refractivity contribution < 1.29 is 28.2 Å². The summed E-state index contributed by atoms with van der Waals surface area (Å²) in [5, 5.41) is 18.5. The van der Waals surface area contributed by atoms with Crippen molar-refractivity contribution in [2.24, 2.45) is 0 Å². The third-order valence-corrected chi connectivity index (χ3v) is 8.75. The number of fused-ring (bicyclic) bond motifs is 1. The zero-order valence-corrected chi connectivity index (χ0v) is 24.2. The van der Waals surface area contributed by atoms with E-state index in [1.54, 1.807) is 31.2 Å². The number of imidazole rings is 1. The quantitative estimate of drug-likeness (QED) is 0.203. The van der Waals surface area contributed by atoms with E-state index in [9.17, 15) is 14.3 Å². The van der Waals surface area contributed by atoms with Gasteiger partial charge in [0.2, 0.25) is 5.88 Å². The fraction of sp³-hybridized carbons (Fsp3) is 0.250. The van der Waals surface area contributed by atoms with E-state index in [-0.39, 0.29) is 41.0 Å². The van der Waals surface area contributed by atoms with E-state index in [4.69, 9.17) is 19.7 Å². The van der Waals surface area contributed by atoms with Crippen molar-refractivity contribution in [3.63, 3.8) is 0 Å². The Morgan fingerprint density at radius 2 is 1.95 bits per heavy atom. The molecule has 218 valence electrons. The lowest BCUT2D eigenvalue weighted by molar-refractivity contribution is -0.0589. The van der Waals surface area contributed by atoms with Crippen LogP contribution in [-0.2, 0) is 24.3 Å². The standard InChI is InChI=1S/C32H26F2N4O4S/c1-17-10-21(12-27-37-31-29(18(2)30(43-31)32(39)40)38(27)15-22-8-9-41-22)25(34)13-23(17)26-4-3-5-28(36-26)42-16-20-7-6-19(14-35)11-24(20)33/h3-7,10-11,13,22H,8-9,12,15-16H2,1-2H3,(H,39,40). The molecule has 2 aromatic carbocycles. The van der Waals surface area contributed by atoms with Crippen LogP contribution in [0.3, 0.4) is 0 Å². The van der Waals surface area contributed by atoms with Crippen LogP contribution in [0.5, 0.6) is 5.88 Å². The number of aromatic nitrogens is 3. The number of carboxylic acids is 1. The van der Waals surface area contributed by atoms with Gasteiger partial charge in [0, 0.05) is 35.8 Å². The number of hydrogen-bond donors (Lipinski definition) is 1. The minimum atomic E-state index is -0.991. The maximum absolute atomic E-state index is 15.6. The molecule has 0 saturated carbocycles. The molecule has 1 atom stereocenters. The highest BCUT2D eigenvalue weighted by Crippen LogP contribution is 2.34. The number of carboxylic acid groups (broad SMARTS) is 1. The number of hydrogen-bond acceptors (Lipinski definition) is 7. The van der Waals surface area contributed by atoms with Gasteiger partial charge in [0.1, 0.15) is 33.8 Å². The summed E-state index contributed by atoms with van der Waals surface area (Å²) >= 11 is 1.12. The highest BCUT2D eigenvalue weighted by atomic mass is 32.1. The molecule has 1 aliphatic heterocycles. The summed E-state index contributed by atoms with van der Waals surface area (Å²) < 4.78 is 43.2. The average molecular weight is 601 g/mol. The molecule has 0 aliphatic carbocycles. The predicted octanol–water partition coefficient (Wildman–Crippen LogP) is 6.58. The second kappa shape index (κ2) is 11.6. The molecule has 6 rings (SSSR count). The van der Waals surface area contributed by atoms with Crippen LogP contribution in [0, 0.1) is 36.8 Å². The number of nitriles is 1. The van der Waals surface area contributed by atoms with Crippen LogP contribution in [0.1, 0.15) is 49.7 Å². The molecule has 1 unspecified atom stereocenters. The van der Waals surface area contributed by atoms with E-state index >= 15 is 4.39 Å². The van der Waals surface area contributed by atoms with Gasteiger partial charge in [0.15, 0.2) is 0 Å². The minimum absolute atomic E-state index is 0.00617. The van der Waals surface area contributed by atoms with E-state index in [0.29, 0.717) is 46.2 Å². The molecule has 0 spiro atoms. The Labute approximate surface area is 249 Å². The first-order valence-electron chi connectivity index (χ1n) is 13.6. The Kier molecular flexibility index (Phi) is 7.64. The second-order valence-electron chi connectivity index (χ2n) is 10.4. The van der Waals surface area contributed by atoms with Crippen molar-refractivity contribution in [2.45, 2.75) is 45.9 Å². The highest BCUT2D eigenvalue weighted by molar-refractivity contribution is 7.20. The fourth-order valence-electron chi connectivity index (χ4n) is 5.21. The number of pyridine rings is 1. The van der Waals surface area contributed by atoms with E-state index < -0.39 is 17.6 Å². The summed E-state index contributed by atoms with van der Waals surface area (Å²) in [4.78, 5) is 21.8. The Balaban J connectivity index is 1.26. The van der Waals surface area contributed by atoms with E-state index in [0.717, 1.165) is 34.9 Å². The normalized spacial score (nSPS) is 14.4. The number of nitrogens with zero attached hydrogens (tertiary/aromatic N) is 4. The second-order valence-corrected chi connectivity index (χ2v) is 11.4. The number of benzene rings is 2. The number of carbonyl (C=O) groups is 1. The van der Waals surface area contributed by atoms with Crippen LogP contribution in [0.25, 0.3) is 21.6 Å². The van der Waals surface area contributed by atoms with Crippen molar-refractivity contribution in [3.05, 3.63) is 98.7 Å². The lowest BCUT2D eigenvalue weighted by Crippen LogP contribution is -2.31.